The number of piperidine rings is 1. The molecule has 1 aliphatic heterocycles. The molecule has 0 atom stereocenters. The molecule has 0 spiro atoms. The number of urea groups is 1. The number of hydrogen-bond acceptors (Lipinski definition) is 3. The Morgan fingerprint density at radius 3 is 2.31 bits per heavy atom. The molecule has 170 valence electrons. The number of amides is 4. The third-order valence-electron chi connectivity index (χ3n) is 5.86. The standard InChI is InChI=1S/C25H32N4O3/c1-3-28(4-2)25(32)29-15-13-20(14-16-29)23(30)26-18-19-9-8-10-21(17-19)24(31)27-22-11-6-5-7-12-22/h5-12,17,20H,3-4,13-16,18H2,1-2H3,(H,26,30)(H,27,31). The molecule has 2 aromatic carbocycles. The Morgan fingerprint density at radius 2 is 1.66 bits per heavy atom. The van der Waals surface area contributed by atoms with E-state index in [1.165, 1.54) is 0 Å². The molecule has 2 aromatic rings. The van der Waals surface area contributed by atoms with Crippen molar-refractivity contribution in [3.8, 4) is 0 Å². The molecule has 1 aliphatic rings. The van der Waals surface area contributed by atoms with E-state index >= 15 is 0 Å². The fourth-order valence-corrected chi connectivity index (χ4v) is 3.91. The molecule has 2 N–H and O–H groups in total. The summed E-state index contributed by atoms with van der Waals surface area (Å²) >= 11 is 0. The zero-order valence-corrected chi connectivity index (χ0v) is 18.8. The fourth-order valence-electron chi connectivity index (χ4n) is 3.91. The second-order valence-electron chi connectivity index (χ2n) is 7.95. The number of rotatable bonds is 7. The summed E-state index contributed by atoms with van der Waals surface area (Å²) in [5.41, 5.74) is 2.15. The van der Waals surface area contributed by atoms with Gasteiger partial charge in [0.05, 0.1) is 0 Å². The Labute approximate surface area is 189 Å². The molecule has 32 heavy (non-hydrogen) atoms. The summed E-state index contributed by atoms with van der Waals surface area (Å²) < 4.78 is 0. The van der Waals surface area contributed by atoms with Crippen LogP contribution in [0.25, 0.3) is 0 Å². The predicted molar refractivity (Wildman–Crippen MR) is 125 cm³/mol. The van der Waals surface area contributed by atoms with Crippen molar-refractivity contribution in [2.45, 2.75) is 33.2 Å². The van der Waals surface area contributed by atoms with E-state index in [9.17, 15) is 14.4 Å². The van der Waals surface area contributed by atoms with Gasteiger partial charge in [0, 0.05) is 49.9 Å². The Hall–Kier alpha value is -3.35. The average Bonchev–Trinajstić information content (AvgIpc) is 2.84. The molecule has 0 unspecified atom stereocenters. The van der Waals surface area contributed by atoms with Crippen LogP contribution in [0.5, 0.6) is 0 Å². The van der Waals surface area contributed by atoms with Crippen molar-refractivity contribution in [1.82, 2.24) is 15.1 Å². The fraction of sp³-hybridized carbons (Fsp3) is 0.400. The third-order valence-corrected chi connectivity index (χ3v) is 5.86. The number of likely N-dealkylation sites (tertiary alicyclic amines) is 1. The molecule has 3 rings (SSSR count). The number of nitrogens with one attached hydrogen (secondary N) is 2. The maximum absolute atomic E-state index is 12.6. The van der Waals surface area contributed by atoms with Gasteiger partial charge in [0.25, 0.3) is 5.91 Å². The number of hydrogen-bond donors (Lipinski definition) is 2. The maximum Gasteiger partial charge on any atom is 0.319 e. The van der Waals surface area contributed by atoms with E-state index in [-0.39, 0.29) is 23.8 Å². The normalized spacial score (nSPS) is 14.0. The van der Waals surface area contributed by atoms with Crippen molar-refractivity contribution in [2.24, 2.45) is 5.92 Å². The highest BCUT2D eigenvalue weighted by Crippen LogP contribution is 2.19. The van der Waals surface area contributed by atoms with E-state index in [0.717, 1.165) is 11.3 Å². The Balaban J connectivity index is 1.49. The molecule has 1 saturated heterocycles. The highest BCUT2D eigenvalue weighted by atomic mass is 16.2. The van der Waals surface area contributed by atoms with Crippen molar-refractivity contribution in [3.05, 3.63) is 65.7 Å². The zero-order chi connectivity index (χ0) is 22.9. The number of carbonyl (C=O) groups excluding carboxylic acids is 3. The zero-order valence-electron chi connectivity index (χ0n) is 18.8. The van der Waals surface area contributed by atoms with Crippen LogP contribution in [0.4, 0.5) is 10.5 Å². The highest BCUT2D eigenvalue weighted by molar-refractivity contribution is 6.04. The van der Waals surface area contributed by atoms with Gasteiger partial charge >= 0.3 is 6.03 Å². The molecule has 1 fully saturated rings. The lowest BCUT2D eigenvalue weighted by atomic mass is 9.96. The van der Waals surface area contributed by atoms with Crippen LogP contribution in [-0.4, -0.2) is 53.8 Å². The van der Waals surface area contributed by atoms with Gasteiger partial charge in [0.15, 0.2) is 0 Å². The lowest BCUT2D eigenvalue weighted by Gasteiger charge is -2.34. The van der Waals surface area contributed by atoms with Crippen LogP contribution in [0.15, 0.2) is 54.6 Å². The van der Waals surface area contributed by atoms with Crippen LogP contribution in [0.2, 0.25) is 0 Å². The van der Waals surface area contributed by atoms with Gasteiger partial charge in [-0.05, 0) is 56.5 Å². The summed E-state index contributed by atoms with van der Waals surface area (Å²) in [4.78, 5) is 41.3. The van der Waals surface area contributed by atoms with Gasteiger partial charge in [0.2, 0.25) is 5.91 Å². The second-order valence-corrected chi connectivity index (χ2v) is 7.95. The lowest BCUT2D eigenvalue weighted by molar-refractivity contribution is -0.126. The molecule has 0 aliphatic carbocycles. The third kappa shape index (κ3) is 6.09. The van der Waals surface area contributed by atoms with E-state index in [1.54, 1.807) is 17.0 Å². The topological polar surface area (TPSA) is 81.8 Å². The second kappa shape index (κ2) is 11.3. The minimum Gasteiger partial charge on any atom is -0.352 e. The van der Waals surface area contributed by atoms with Crippen LogP contribution in [-0.2, 0) is 11.3 Å². The van der Waals surface area contributed by atoms with Gasteiger partial charge in [-0.25, -0.2) is 4.79 Å². The summed E-state index contributed by atoms with van der Waals surface area (Å²) in [5, 5.41) is 5.86. The molecule has 0 aromatic heterocycles. The van der Waals surface area contributed by atoms with E-state index in [0.29, 0.717) is 51.1 Å². The minimum atomic E-state index is -0.186. The summed E-state index contributed by atoms with van der Waals surface area (Å²) in [6, 6.07) is 16.6. The molecule has 1 heterocycles. The number of carbonyl (C=O) groups is 3. The van der Waals surface area contributed by atoms with Crippen molar-refractivity contribution in [3.63, 3.8) is 0 Å². The number of nitrogens with zero attached hydrogens (tertiary/aromatic N) is 2. The van der Waals surface area contributed by atoms with Crippen LogP contribution in [0.1, 0.15) is 42.6 Å². The predicted octanol–water partition coefficient (Wildman–Crippen LogP) is 3.73. The van der Waals surface area contributed by atoms with E-state index < -0.39 is 0 Å². The van der Waals surface area contributed by atoms with Gasteiger partial charge in [-0.2, -0.15) is 0 Å². The van der Waals surface area contributed by atoms with Crippen molar-refractivity contribution < 1.29 is 14.4 Å². The molecular weight excluding hydrogens is 404 g/mol. The van der Waals surface area contributed by atoms with Gasteiger partial charge < -0.3 is 20.4 Å². The van der Waals surface area contributed by atoms with Gasteiger partial charge in [0.1, 0.15) is 0 Å². The van der Waals surface area contributed by atoms with Crippen LogP contribution < -0.4 is 10.6 Å². The molecule has 4 amide bonds. The Kier molecular flexibility index (Phi) is 8.25. The average molecular weight is 437 g/mol. The van der Waals surface area contributed by atoms with Gasteiger partial charge in [-0.3, -0.25) is 9.59 Å². The Bertz CT molecular complexity index is 920. The van der Waals surface area contributed by atoms with Crippen molar-refractivity contribution in [2.75, 3.05) is 31.5 Å². The minimum absolute atomic E-state index is 0.000853. The first-order valence-electron chi connectivity index (χ1n) is 11.3. The molecule has 0 radical (unpaired) electrons. The molecule has 0 saturated carbocycles. The first-order chi connectivity index (χ1) is 15.5. The first-order valence-corrected chi connectivity index (χ1v) is 11.3. The molecule has 0 bridgehead atoms. The summed E-state index contributed by atoms with van der Waals surface area (Å²) in [6.45, 7) is 6.90. The highest BCUT2D eigenvalue weighted by Gasteiger charge is 2.28. The maximum atomic E-state index is 12.6. The lowest BCUT2D eigenvalue weighted by Crippen LogP contribution is -2.48. The van der Waals surface area contributed by atoms with Crippen LogP contribution >= 0.6 is 0 Å². The van der Waals surface area contributed by atoms with Crippen molar-refractivity contribution >= 4 is 23.5 Å². The summed E-state index contributed by atoms with van der Waals surface area (Å²) in [6.07, 6.45) is 1.33. The SMILES string of the molecule is CCN(CC)C(=O)N1CCC(C(=O)NCc2cccc(C(=O)Nc3ccccc3)c2)CC1. The van der Waals surface area contributed by atoms with Crippen molar-refractivity contribution in [1.29, 1.82) is 0 Å². The first kappa shape index (κ1) is 23.3. The molecule has 7 nitrogen and oxygen atoms in total. The smallest absolute Gasteiger partial charge is 0.319 e. The molecule has 7 heteroatoms. The van der Waals surface area contributed by atoms with E-state index in [4.69, 9.17) is 0 Å². The van der Waals surface area contributed by atoms with E-state index in [1.807, 2.05) is 61.2 Å². The number of benzene rings is 2. The Morgan fingerprint density at radius 1 is 0.969 bits per heavy atom. The number of para-hydroxylation sites is 1. The summed E-state index contributed by atoms with van der Waals surface area (Å²) in [7, 11) is 0. The summed E-state index contributed by atoms with van der Waals surface area (Å²) in [5.74, 6) is -0.283. The molecular formula is C25H32N4O3. The number of anilines is 1. The van der Waals surface area contributed by atoms with Gasteiger partial charge in [-0.15, -0.1) is 0 Å². The quantitative estimate of drug-likeness (QED) is 0.694. The largest absolute Gasteiger partial charge is 0.352 e. The van der Waals surface area contributed by atoms with E-state index in [2.05, 4.69) is 10.6 Å². The monoisotopic (exact) mass is 436 g/mol. The van der Waals surface area contributed by atoms with Crippen LogP contribution in [0.3, 0.4) is 0 Å². The van der Waals surface area contributed by atoms with Gasteiger partial charge in [-0.1, -0.05) is 30.3 Å². The van der Waals surface area contributed by atoms with Crippen LogP contribution in [0, 0.1) is 5.92 Å².